The number of benzene rings is 1. The number of carbonyl (C=O) groups is 1. The van der Waals surface area contributed by atoms with Gasteiger partial charge in [0.1, 0.15) is 17.1 Å². The Bertz CT molecular complexity index is 780. The van der Waals surface area contributed by atoms with Crippen molar-refractivity contribution in [1.29, 1.82) is 5.26 Å². The Labute approximate surface area is 145 Å². The van der Waals surface area contributed by atoms with Crippen LogP contribution in [0.5, 0.6) is 0 Å². The van der Waals surface area contributed by atoms with E-state index in [1.54, 1.807) is 6.07 Å². The number of hydrogen-bond acceptors (Lipinski definition) is 6. The number of nitrogens with zero attached hydrogens (tertiary/aromatic N) is 2. The lowest BCUT2D eigenvalue weighted by atomic mass is 10.1. The first-order chi connectivity index (χ1) is 11.7. The van der Waals surface area contributed by atoms with Crippen LogP contribution in [0.25, 0.3) is 0 Å². The molecule has 0 bridgehead atoms. The first-order valence-electron chi connectivity index (χ1n) is 7.94. The first-order valence-corrected chi connectivity index (χ1v) is 8.72. The molecule has 1 aliphatic rings. The molecule has 1 fully saturated rings. The minimum Gasteiger partial charge on any atom is -0.374 e. The van der Waals surface area contributed by atoms with Gasteiger partial charge in [0.2, 0.25) is 5.91 Å². The lowest BCUT2D eigenvalue weighted by molar-refractivity contribution is -0.121. The molecular weight excluding hydrogens is 322 g/mol. The standard InChI is InChI=1S/C17H19N5OS/c1-11-8-16(24-22-11)21-15-9-13(6-5-12(15)10-18)20-14-4-2-3-7-19-17(14)23/h5-6,8-9,14,20-21H,2-4,7H2,1H3,(H,19,23). The summed E-state index contributed by atoms with van der Waals surface area (Å²) in [4.78, 5) is 12.1. The van der Waals surface area contributed by atoms with Crippen molar-refractivity contribution in [3.63, 3.8) is 0 Å². The highest BCUT2D eigenvalue weighted by molar-refractivity contribution is 7.10. The van der Waals surface area contributed by atoms with Crippen molar-refractivity contribution in [3.8, 4) is 6.07 Å². The summed E-state index contributed by atoms with van der Waals surface area (Å²) >= 11 is 1.35. The van der Waals surface area contributed by atoms with Crippen molar-refractivity contribution >= 4 is 33.8 Å². The van der Waals surface area contributed by atoms with Crippen molar-refractivity contribution in [3.05, 3.63) is 35.5 Å². The molecule has 6 nitrogen and oxygen atoms in total. The van der Waals surface area contributed by atoms with Gasteiger partial charge in [-0.2, -0.15) is 9.64 Å². The zero-order valence-corrected chi connectivity index (χ0v) is 14.2. The van der Waals surface area contributed by atoms with E-state index in [0.29, 0.717) is 11.3 Å². The predicted molar refractivity (Wildman–Crippen MR) is 95.6 cm³/mol. The molecule has 1 amide bonds. The fourth-order valence-electron chi connectivity index (χ4n) is 2.67. The summed E-state index contributed by atoms with van der Waals surface area (Å²) in [6.45, 7) is 2.66. The minimum atomic E-state index is -0.237. The second kappa shape index (κ2) is 7.32. The Hall–Kier alpha value is -2.59. The van der Waals surface area contributed by atoms with Crippen LogP contribution in [0.3, 0.4) is 0 Å². The normalized spacial score (nSPS) is 17.5. The van der Waals surface area contributed by atoms with Gasteiger partial charge in [0, 0.05) is 12.2 Å². The molecule has 7 heteroatoms. The smallest absolute Gasteiger partial charge is 0.242 e. The SMILES string of the molecule is Cc1cc(Nc2cc(NC3CCCCNC3=O)ccc2C#N)sn1. The molecule has 0 aliphatic carbocycles. The summed E-state index contributed by atoms with van der Waals surface area (Å²) in [6.07, 6.45) is 2.83. The number of aromatic nitrogens is 1. The van der Waals surface area contributed by atoms with Crippen LogP contribution in [-0.4, -0.2) is 22.9 Å². The molecule has 1 saturated heterocycles. The van der Waals surface area contributed by atoms with E-state index in [9.17, 15) is 10.1 Å². The summed E-state index contributed by atoms with van der Waals surface area (Å²) in [7, 11) is 0. The zero-order valence-electron chi connectivity index (χ0n) is 13.4. The topological polar surface area (TPSA) is 89.8 Å². The van der Waals surface area contributed by atoms with Crippen LogP contribution in [0.15, 0.2) is 24.3 Å². The van der Waals surface area contributed by atoms with Gasteiger partial charge in [-0.3, -0.25) is 4.79 Å². The molecule has 0 saturated carbocycles. The van der Waals surface area contributed by atoms with Crippen LogP contribution < -0.4 is 16.0 Å². The van der Waals surface area contributed by atoms with Gasteiger partial charge in [-0.1, -0.05) is 0 Å². The molecule has 1 atom stereocenters. The highest BCUT2D eigenvalue weighted by Crippen LogP contribution is 2.27. The summed E-state index contributed by atoms with van der Waals surface area (Å²) in [5.41, 5.74) is 3.02. The molecule has 0 radical (unpaired) electrons. The first kappa shape index (κ1) is 16.3. The molecule has 1 aliphatic heterocycles. The molecule has 3 rings (SSSR count). The van der Waals surface area contributed by atoms with Crippen LogP contribution in [0.4, 0.5) is 16.4 Å². The summed E-state index contributed by atoms with van der Waals surface area (Å²) in [5, 5.41) is 19.6. The van der Waals surface area contributed by atoms with Gasteiger partial charge in [-0.05, 0) is 62.0 Å². The summed E-state index contributed by atoms with van der Waals surface area (Å²) in [5.74, 6) is 0.0319. The van der Waals surface area contributed by atoms with Crippen LogP contribution in [0.1, 0.15) is 30.5 Å². The van der Waals surface area contributed by atoms with Crippen molar-refractivity contribution in [2.45, 2.75) is 32.2 Å². The molecule has 124 valence electrons. The van der Waals surface area contributed by atoms with E-state index in [1.165, 1.54) is 11.5 Å². The Morgan fingerprint density at radius 1 is 1.38 bits per heavy atom. The van der Waals surface area contributed by atoms with Crippen LogP contribution in [0.2, 0.25) is 0 Å². The summed E-state index contributed by atoms with van der Waals surface area (Å²) in [6, 6.07) is 9.34. The highest BCUT2D eigenvalue weighted by atomic mass is 32.1. The molecule has 2 heterocycles. The molecule has 1 aromatic heterocycles. The maximum absolute atomic E-state index is 12.1. The lowest BCUT2D eigenvalue weighted by Gasteiger charge is -2.17. The van der Waals surface area contributed by atoms with Gasteiger partial charge in [-0.25, -0.2) is 0 Å². The molecule has 24 heavy (non-hydrogen) atoms. The Balaban J connectivity index is 1.80. The van der Waals surface area contributed by atoms with Gasteiger partial charge >= 0.3 is 0 Å². The zero-order chi connectivity index (χ0) is 16.9. The van der Waals surface area contributed by atoms with E-state index in [-0.39, 0.29) is 11.9 Å². The molecule has 1 unspecified atom stereocenters. The monoisotopic (exact) mass is 341 g/mol. The van der Waals surface area contributed by atoms with E-state index in [0.717, 1.165) is 42.2 Å². The molecule has 0 spiro atoms. The predicted octanol–water partition coefficient (Wildman–Crippen LogP) is 3.15. The van der Waals surface area contributed by atoms with Crippen molar-refractivity contribution in [2.24, 2.45) is 0 Å². The average Bonchev–Trinajstić information content (AvgIpc) is 2.87. The Kier molecular flexibility index (Phi) is 4.96. The number of amides is 1. The number of aryl methyl sites for hydroxylation is 1. The van der Waals surface area contributed by atoms with E-state index in [1.807, 2.05) is 25.1 Å². The fraction of sp³-hybridized carbons (Fsp3) is 0.353. The number of rotatable bonds is 4. The van der Waals surface area contributed by atoms with Gasteiger partial charge < -0.3 is 16.0 Å². The molecule has 1 aromatic carbocycles. The van der Waals surface area contributed by atoms with Crippen LogP contribution in [0, 0.1) is 18.3 Å². The third-order valence-electron chi connectivity index (χ3n) is 3.90. The van der Waals surface area contributed by atoms with Crippen LogP contribution >= 0.6 is 11.5 Å². The number of nitrogens with one attached hydrogen (secondary N) is 3. The number of hydrogen-bond donors (Lipinski definition) is 3. The van der Waals surface area contributed by atoms with Crippen molar-refractivity contribution in [1.82, 2.24) is 9.69 Å². The third kappa shape index (κ3) is 3.84. The second-order valence-electron chi connectivity index (χ2n) is 5.81. The van der Waals surface area contributed by atoms with E-state index >= 15 is 0 Å². The fourth-order valence-corrected chi connectivity index (χ4v) is 3.34. The summed E-state index contributed by atoms with van der Waals surface area (Å²) < 4.78 is 4.23. The maximum Gasteiger partial charge on any atom is 0.242 e. The van der Waals surface area contributed by atoms with Crippen molar-refractivity contribution < 1.29 is 4.79 Å². The number of nitriles is 1. The highest BCUT2D eigenvalue weighted by Gasteiger charge is 2.20. The van der Waals surface area contributed by atoms with Gasteiger partial charge in [-0.15, -0.1) is 0 Å². The largest absolute Gasteiger partial charge is 0.374 e. The van der Waals surface area contributed by atoms with Gasteiger partial charge in [0.25, 0.3) is 0 Å². The quantitative estimate of drug-likeness (QED) is 0.795. The van der Waals surface area contributed by atoms with Crippen LogP contribution in [-0.2, 0) is 4.79 Å². The van der Waals surface area contributed by atoms with E-state index in [4.69, 9.17) is 0 Å². The molecular formula is C17H19N5OS. The minimum absolute atomic E-state index is 0.0319. The maximum atomic E-state index is 12.1. The average molecular weight is 341 g/mol. The number of anilines is 3. The van der Waals surface area contributed by atoms with Gasteiger partial charge in [0.05, 0.1) is 16.9 Å². The van der Waals surface area contributed by atoms with Gasteiger partial charge in [0.15, 0.2) is 0 Å². The number of carbonyl (C=O) groups excluding carboxylic acids is 1. The third-order valence-corrected chi connectivity index (χ3v) is 4.70. The Morgan fingerprint density at radius 3 is 3.00 bits per heavy atom. The van der Waals surface area contributed by atoms with E-state index in [2.05, 4.69) is 26.4 Å². The molecule has 2 aromatic rings. The van der Waals surface area contributed by atoms with E-state index < -0.39 is 0 Å². The molecule has 3 N–H and O–H groups in total. The lowest BCUT2D eigenvalue weighted by Crippen LogP contribution is -2.37. The second-order valence-corrected chi connectivity index (χ2v) is 6.62. The Morgan fingerprint density at radius 2 is 2.25 bits per heavy atom. The van der Waals surface area contributed by atoms with Crippen molar-refractivity contribution in [2.75, 3.05) is 17.2 Å².